The molecule has 0 fully saturated rings. The average molecular weight is 282 g/mol. The van der Waals surface area contributed by atoms with Gasteiger partial charge < -0.3 is 5.11 Å². The molecular formula is C9H10BrClOS. The minimum absolute atomic E-state index is 0.115. The first-order valence-electron chi connectivity index (χ1n) is 3.92. The van der Waals surface area contributed by atoms with Gasteiger partial charge in [0, 0.05) is 9.35 Å². The first-order chi connectivity index (χ1) is 6.17. The Kier molecular flexibility index (Phi) is 4.46. The molecule has 4 heteroatoms. The number of rotatable bonds is 3. The number of aliphatic hydroxyl groups excluding tert-OH is 1. The second-order valence-electron chi connectivity index (χ2n) is 2.58. The molecule has 0 aliphatic heterocycles. The van der Waals surface area contributed by atoms with Crippen molar-refractivity contribution in [2.45, 2.75) is 13.3 Å². The van der Waals surface area contributed by atoms with E-state index < -0.39 is 0 Å². The lowest BCUT2D eigenvalue weighted by atomic mass is 10.2. The highest BCUT2D eigenvalue weighted by Gasteiger charge is 2.02. The topological polar surface area (TPSA) is 20.2 Å². The molecule has 1 aromatic rings. The van der Waals surface area contributed by atoms with E-state index in [0.29, 0.717) is 0 Å². The Morgan fingerprint density at radius 1 is 1.77 bits per heavy atom. The monoisotopic (exact) mass is 280 g/mol. The molecule has 0 aliphatic rings. The van der Waals surface area contributed by atoms with E-state index in [9.17, 15) is 0 Å². The zero-order valence-electron chi connectivity index (χ0n) is 7.18. The molecule has 0 aliphatic carbocycles. The highest BCUT2D eigenvalue weighted by Crippen LogP contribution is 2.33. The van der Waals surface area contributed by atoms with Crippen LogP contribution in [0.25, 0.3) is 6.08 Å². The van der Waals surface area contributed by atoms with Gasteiger partial charge in [0.25, 0.3) is 0 Å². The molecule has 0 unspecified atom stereocenters. The normalized spacial score (nSPS) is 12.2. The lowest BCUT2D eigenvalue weighted by Crippen LogP contribution is -1.86. The van der Waals surface area contributed by atoms with Crippen molar-refractivity contribution in [2.24, 2.45) is 0 Å². The summed E-state index contributed by atoms with van der Waals surface area (Å²) in [6, 6.07) is 1.96. The van der Waals surface area contributed by atoms with Crippen molar-refractivity contribution in [1.82, 2.24) is 0 Å². The molecule has 0 amide bonds. The molecule has 13 heavy (non-hydrogen) atoms. The maximum Gasteiger partial charge on any atom is 0.108 e. The van der Waals surface area contributed by atoms with Crippen LogP contribution in [0.2, 0.25) is 4.34 Å². The van der Waals surface area contributed by atoms with Crippen LogP contribution in [0.15, 0.2) is 16.1 Å². The maximum atomic E-state index is 8.96. The SMILES string of the molecule is CCC(=Cc1cc(Br)c(Cl)s1)CO. The molecule has 0 spiro atoms. The number of halogens is 2. The van der Waals surface area contributed by atoms with Crippen LogP contribution in [0.4, 0.5) is 0 Å². The van der Waals surface area contributed by atoms with E-state index in [2.05, 4.69) is 15.9 Å². The molecule has 1 N–H and O–H groups in total. The molecule has 0 bridgehead atoms. The van der Waals surface area contributed by atoms with Crippen molar-refractivity contribution >= 4 is 44.9 Å². The van der Waals surface area contributed by atoms with Gasteiger partial charge in [-0.15, -0.1) is 11.3 Å². The van der Waals surface area contributed by atoms with Crippen molar-refractivity contribution in [3.63, 3.8) is 0 Å². The summed E-state index contributed by atoms with van der Waals surface area (Å²) in [6.07, 6.45) is 2.84. The third-order valence-electron chi connectivity index (χ3n) is 1.67. The standard InChI is InChI=1S/C9H10BrClOS/c1-2-6(5-12)3-7-4-8(10)9(11)13-7/h3-4,12H,2,5H2,1H3. The van der Waals surface area contributed by atoms with Gasteiger partial charge in [-0.3, -0.25) is 0 Å². The fourth-order valence-electron chi connectivity index (χ4n) is 0.895. The van der Waals surface area contributed by atoms with E-state index >= 15 is 0 Å². The number of thiophene rings is 1. The number of aliphatic hydroxyl groups is 1. The zero-order chi connectivity index (χ0) is 9.84. The van der Waals surface area contributed by atoms with E-state index in [1.165, 1.54) is 11.3 Å². The zero-order valence-corrected chi connectivity index (χ0v) is 10.3. The van der Waals surface area contributed by atoms with Gasteiger partial charge in [0.05, 0.1) is 6.61 Å². The molecule has 0 saturated heterocycles. The molecular weight excluding hydrogens is 272 g/mol. The predicted octanol–water partition coefficient (Wildman–Crippen LogP) is 3.95. The van der Waals surface area contributed by atoms with Crippen LogP contribution in [-0.4, -0.2) is 11.7 Å². The third-order valence-corrected chi connectivity index (χ3v) is 4.09. The molecule has 0 radical (unpaired) electrons. The largest absolute Gasteiger partial charge is 0.392 e. The summed E-state index contributed by atoms with van der Waals surface area (Å²) in [5, 5.41) is 8.96. The minimum Gasteiger partial charge on any atom is -0.392 e. The van der Waals surface area contributed by atoms with Crippen LogP contribution in [-0.2, 0) is 0 Å². The second-order valence-corrected chi connectivity index (χ2v) is 5.12. The van der Waals surface area contributed by atoms with Crippen molar-refractivity contribution in [2.75, 3.05) is 6.61 Å². The molecule has 0 saturated carbocycles. The van der Waals surface area contributed by atoms with Crippen molar-refractivity contribution in [3.8, 4) is 0 Å². The Morgan fingerprint density at radius 2 is 2.46 bits per heavy atom. The van der Waals surface area contributed by atoms with Crippen LogP contribution in [0.5, 0.6) is 0 Å². The molecule has 1 nitrogen and oxygen atoms in total. The summed E-state index contributed by atoms with van der Waals surface area (Å²) in [5.41, 5.74) is 1.02. The van der Waals surface area contributed by atoms with E-state index in [1.54, 1.807) is 0 Å². The van der Waals surface area contributed by atoms with Crippen LogP contribution < -0.4 is 0 Å². The van der Waals surface area contributed by atoms with Crippen LogP contribution in [0.1, 0.15) is 18.2 Å². The highest BCUT2D eigenvalue weighted by atomic mass is 79.9. The van der Waals surface area contributed by atoms with Crippen LogP contribution in [0, 0.1) is 0 Å². The van der Waals surface area contributed by atoms with Gasteiger partial charge >= 0.3 is 0 Å². The molecule has 1 aromatic heterocycles. The smallest absolute Gasteiger partial charge is 0.108 e. The van der Waals surface area contributed by atoms with Crippen molar-refractivity contribution in [1.29, 1.82) is 0 Å². The van der Waals surface area contributed by atoms with Gasteiger partial charge in [-0.2, -0.15) is 0 Å². The van der Waals surface area contributed by atoms with E-state index in [-0.39, 0.29) is 6.61 Å². The summed E-state index contributed by atoms with van der Waals surface area (Å²) in [5.74, 6) is 0. The Balaban J connectivity index is 2.89. The summed E-state index contributed by atoms with van der Waals surface area (Å²) in [7, 11) is 0. The van der Waals surface area contributed by atoms with Crippen LogP contribution in [0.3, 0.4) is 0 Å². The Hall–Kier alpha value is 0.170. The summed E-state index contributed by atoms with van der Waals surface area (Å²) >= 11 is 10.7. The fourth-order valence-corrected chi connectivity index (χ4v) is 2.62. The summed E-state index contributed by atoms with van der Waals surface area (Å²) in [6.45, 7) is 2.13. The summed E-state index contributed by atoms with van der Waals surface area (Å²) in [4.78, 5) is 1.07. The lowest BCUT2D eigenvalue weighted by Gasteiger charge is -1.96. The van der Waals surface area contributed by atoms with Gasteiger partial charge in [0.1, 0.15) is 4.34 Å². The summed E-state index contributed by atoms with van der Waals surface area (Å²) < 4.78 is 1.67. The molecule has 1 heterocycles. The van der Waals surface area contributed by atoms with Crippen molar-refractivity contribution < 1.29 is 5.11 Å². The first kappa shape index (κ1) is 11.2. The first-order valence-corrected chi connectivity index (χ1v) is 5.91. The number of hydrogen-bond acceptors (Lipinski definition) is 2. The van der Waals surface area contributed by atoms with Gasteiger partial charge in [0.15, 0.2) is 0 Å². The average Bonchev–Trinajstić information content (AvgIpc) is 2.42. The molecule has 1 rings (SSSR count). The predicted molar refractivity (Wildman–Crippen MR) is 62.4 cm³/mol. The van der Waals surface area contributed by atoms with Gasteiger partial charge in [-0.1, -0.05) is 18.5 Å². The van der Waals surface area contributed by atoms with Crippen molar-refractivity contribution in [3.05, 3.63) is 25.3 Å². The highest BCUT2D eigenvalue weighted by molar-refractivity contribution is 9.10. The van der Waals surface area contributed by atoms with E-state index in [1.807, 2.05) is 19.1 Å². The Bertz CT molecular complexity index is 294. The Labute approximate surface area is 95.2 Å². The molecule has 0 atom stereocenters. The maximum absolute atomic E-state index is 8.96. The molecule has 0 aromatic carbocycles. The van der Waals surface area contributed by atoms with E-state index in [0.717, 1.165) is 25.7 Å². The number of hydrogen-bond donors (Lipinski definition) is 1. The second kappa shape index (κ2) is 5.15. The van der Waals surface area contributed by atoms with Gasteiger partial charge in [-0.05, 0) is 40.1 Å². The Morgan fingerprint density at radius 3 is 2.85 bits per heavy atom. The quantitative estimate of drug-likeness (QED) is 0.889. The lowest BCUT2D eigenvalue weighted by molar-refractivity contribution is 0.329. The van der Waals surface area contributed by atoms with Gasteiger partial charge in [0.2, 0.25) is 0 Å². The van der Waals surface area contributed by atoms with Gasteiger partial charge in [-0.25, -0.2) is 0 Å². The minimum atomic E-state index is 0.115. The third kappa shape index (κ3) is 3.09. The molecule has 72 valence electrons. The fraction of sp³-hybridized carbons (Fsp3) is 0.333. The van der Waals surface area contributed by atoms with Crippen LogP contribution >= 0.6 is 38.9 Å². The van der Waals surface area contributed by atoms with E-state index in [4.69, 9.17) is 16.7 Å².